The fourth-order valence-electron chi connectivity index (χ4n) is 3.09. The molecule has 0 saturated heterocycles. The van der Waals surface area contributed by atoms with Crippen molar-refractivity contribution in [3.8, 4) is 0 Å². The van der Waals surface area contributed by atoms with Crippen LogP contribution in [0.5, 0.6) is 0 Å². The van der Waals surface area contributed by atoms with Crippen LogP contribution in [-0.2, 0) is 6.42 Å². The number of H-pyrrole nitrogens is 1. The van der Waals surface area contributed by atoms with Gasteiger partial charge in [0, 0.05) is 36.5 Å². The van der Waals surface area contributed by atoms with Gasteiger partial charge in [0.25, 0.3) is 5.91 Å². The predicted molar refractivity (Wildman–Crippen MR) is 83.2 cm³/mol. The molecule has 0 aliphatic heterocycles. The van der Waals surface area contributed by atoms with E-state index in [1.54, 1.807) is 35.3 Å². The molecule has 1 aliphatic carbocycles. The Kier molecular flexibility index (Phi) is 3.18. The molecule has 0 fully saturated rings. The standard InChI is InChI=1S/C16H15N5O2/c22-13-5-4-10-11(19-13)2-1-3-12(10)20-16(23)14-15-18-7-9-21(15)8-6-17-14/h4-9,12H,1-3H2,(H,19,22)(H,20,23). The first-order valence-electron chi connectivity index (χ1n) is 7.53. The SMILES string of the molecule is O=C(NC1CCCc2[nH]c(=O)ccc21)c1nccn2ccnc12. The molecule has 3 aromatic rings. The van der Waals surface area contributed by atoms with E-state index in [4.69, 9.17) is 0 Å². The minimum Gasteiger partial charge on any atom is -0.344 e. The number of amides is 1. The summed E-state index contributed by atoms with van der Waals surface area (Å²) >= 11 is 0. The van der Waals surface area contributed by atoms with Crippen molar-refractivity contribution in [2.24, 2.45) is 0 Å². The van der Waals surface area contributed by atoms with Gasteiger partial charge in [-0.25, -0.2) is 9.97 Å². The Balaban J connectivity index is 1.65. The lowest BCUT2D eigenvalue weighted by atomic mass is 9.91. The zero-order valence-corrected chi connectivity index (χ0v) is 12.3. The minimum absolute atomic E-state index is 0.112. The number of carbonyl (C=O) groups excluding carboxylic acids is 1. The maximum atomic E-state index is 12.6. The fraction of sp³-hybridized carbons (Fsp3) is 0.250. The lowest BCUT2D eigenvalue weighted by molar-refractivity contribution is 0.0928. The smallest absolute Gasteiger partial charge is 0.274 e. The average molecular weight is 309 g/mol. The van der Waals surface area contributed by atoms with Crippen molar-refractivity contribution in [2.45, 2.75) is 25.3 Å². The molecule has 0 spiro atoms. The number of nitrogens with one attached hydrogen (secondary N) is 2. The lowest BCUT2D eigenvalue weighted by Crippen LogP contribution is -2.33. The van der Waals surface area contributed by atoms with E-state index < -0.39 is 0 Å². The van der Waals surface area contributed by atoms with Crippen molar-refractivity contribution in [2.75, 3.05) is 0 Å². The number of fused-ring (bicyclic) bond motifs is 2. The van der Waals surface area contributed by atoms with E-state index in [-0.39, 0.29) is 17.5 Å². The van der Waals surface area contributed by atoms with Crippen LogP contribution in [0.25, 0.3) is 5.65 Å². The number of aromatic nitrogens is 4. The van der Waals surface area contributed by atoms with E-state index in [1.165, 1.54) is 6.07 Å². The van der Waals surface area contributed by atoms with Gasteiger partial charge in [-0.1, -0.05) is 0 Å². The van der Waals surface area contributed by atoms with Crippen LogP contribution in [-0.4, -0.2) is 25.3 Å². The summed E-state index contributed by atoms with van der Waals surface area (Å²) in [4.78, 5) is 35.2. The maximum absolute atomic E-state index is 12.6. The maximum Gasteiger partial charge on any atom is 0.274 e. The topological polar surface area (TPSA) is 92.1 Å². The van der Waals surface area contributed by atoms with Gasteiger partial charge in [0.2, 0.25) is 5.56 Å². The molecule has 3 heterocycles. The molecular weight excluding hydrogens is 294 g/mol. The van der Waals surface area contributed by atoms with Crippen LogP contribution >= 0.6 is 0 Å². The number of aryl methyl sites for hydroxylation is 1. The van der Waals surface area contributed by atoms with Crippen molar-refractivity contribution in [3.63, 3.8) is 0 Å². The Morgan fingerprint density at radius 1 is 1.26 bits per heavy atom. The first-order chi connectivity index (χ1) is 11.2. The van der Waals surface area contributed by atoms with Gasteiger partial charge < -0.3 is 14.7 Å². The van der Waals surface area contributed by atoms with Crippen LogP contribution < -0.4 is 10.9 Å². The van der Waals surface area contributed by atoms with Gasteiger partial charge in [-0.3, -0.25) is 9.59 Å². The summed E-state index contributed by atoms with van der Waals surface area (Å²) in [6, 6.07) is 3.17. The number of imidazole rings is 1. The van der Waals surface area contributed by atoms with Gasteiger partial charge in [-0.15, -0.1) is 0 Å². The van der Waals surface area contributed by atoms with Gasteiger partial charge in [-0.2, -0.15) is 0 Å². The summed E-state index contributed by atoms with van der Waals surface area (Å²) in [5.41, 5.74) is 2.59. The van der Waals surface area contributed by atoms with Crippen LogP contribution in [0.1, 0.15) is 40.6 Å². The fourth-order valence-corrected chi connectivity index (χ4v) is 3.09. The minimum atomic E-state index is -0.258. The van der Waals surface area contributed by atoms with E-state index in [9.17, 15) is 9.59 Å². The molecule has 0 aromatic carbocycles. The van der Waals surface area contributed by atoms with Crippen LogP contribution in [0.15, 0.2) is 41.7 Å². The lowest BCUT2D eigenvalue weighted by Gasteiger charge is -2.25. The molecule has 4 rings (SSSR count). The van der Waals surface area contributed by atoms with Crippen molar-refractivity contribution in [1.82, 2.24) is 24.7 Å². The summed E-state index contributed by atoms with van der Waals surface area (Å²) < 4.78 is 1.76. The molecule has 7 heteroatoms. The van der Waals surface area contributed by atoms with Crippen molar-refractivity contribution in [3.05, 3.63) is 64.2 Å². The van der Waals surface area contributed by atoms with Crippen LogP contribution in [0.3, 0.4) is 0 Å². The summed E-state index contributed by atoms with van der Waals surface area (Å²) in [7, 11) is 0. The molecule has 1 atom stereocenters. The van der Waals surface area contributed by atoms with E-state index in [0.717, 1.165) is 30.5 Å². The largest absolute Gasteiger partial charge is 0.344 e. The molecule has 2 N–H and O–H groups in total. The molecule has 0 saturated carbocycles. The molecule has 1 unspecified atom stereocenters. The zero-order chi connectivity index (χ0) is 15.8. The van der Waals surface area contributed by atoms with Gasteiger partial charge in [0.05, 0.1) is 6.04 Å². The quantitative estimate of drug-likeness (QED) is 0.744. The third-order valence-corrected chi connectivity index (χ3v) is 4.16. The number of aromatic amines is 1. The van der Waals surface area contributed by atoms with Crippen molar-refractivity contribution < 1.29 is 4.79 Å². The molecule has 0 bridgehead atoms. The second-order valence-electron chi connectivity index (χ2n) is 5.61. The Bertz CT molecular complexity index is 943. The molecule has 0 radical (unpaired) electrons. The normalized spacial score (nSPS) is 17.0. The third-order valence-electron chi connectivity index (χ3n) is 4.16. The second kappa shape index (κ2) is 5.35. The van der Waals surface area contributed by atoms with Gasteiger partial charge in [-0.05, 0) is 30.9 Å². The van der Waals surface area contributed by atoms with Crippen LogP contribution in [0, 0.1) is 0 Å². The highest BCUT2D eigenvalue weighted by Crippen LogP contribution is 2.27. The Morgan fingerprint density at radius 2 is 2.09 bits per heavy atom. The number of hydrogen-bond donors (Lipinski definition) is 2. The number of rotatable bonds is 2. The summed E-state index contributed by atoms with van der Waals surface area (Å²) in [6.07, 6.45) is 9.31. The summed E-state index contributed by atoms with van der Waals surface area (Å²) in [6.45, 7) is 0. The van der Waals surface area contributed by atoms with Gasteiger partial charge in [0.15, 0.2) is 11.3 Å². The van der Waals surface area contributed by atoms with Crippen LogP contribution in [0.4, 0.5) is 0 Å². The first kappa shape index (κ1) is 13.7. The summed E-state index contributed by atoms with van der Waals surface area (Å²) in [5.74, 6) is -0.258. The van der Waals surface area contributed by atoms with E-state index in [1.807, 2.05) is 0 Å². The Hall–Kier alpha value is -2.96. The van der Waals surface area contributed by atoms with Gasteiger partial charge in [0.1, 0.15) is 0 Å². The molecular formula is C16H15N5O2. The van der Waals surface area contributed by atoms with Crippen LogP contribution in [0.2, 0.25) is 0 Å². The first-order valence-corrected chi connectivity index (χ1v) is 7.53. The molecule has 1 amide bonds. The summed E-state index contributed by atoms with van der Waals surface area (Å²) in [5, 5.41) is 3.02. The van der Waals surface area contributed by atoms with E-state index in [0.29, 0.717) is 11.3 Å². The predicted octanol–water partition coefficient (Wildman–Crippen LogP) is 1.22. The molecule has 7 nitrogen and oxygen atoms in total. The molecule has 1 aliphatic rings. The zero-order valence-electron chi connectivity index (χ0n) is 12.3. The highest BCUT2D eigenvalue weighted by atomic mass is 16.2. The van der Waals surface area contributed by atoms with E-state index in [2.05, 4.69) is 20.3 Å². The van der Waals surface area contributed by atoms with Crippen molar-refractivity contribution >= 4 is 11.6 Å². The average Bonchev–Trinajstić information content (AvgIpc) is 3.03. The molecule has 116 valence electrons. The third kappa shape index (κ3) is 2.40. The number of hydrogen-bond acceptors (Lipinski definition) is 4. The Labute approximate surface area is 131 Å². The number of nitrogens with zero attached hydrogens (tertiary/aromatic N) is 3. The second-order valence-corrected chi connectivity index (χ2v) is 5.61. The van der Waals surface area contributed by atoms with E-state index >= 15 is 0 Å². The Morgan fingerprint density at radius 3 is 2.96 bits per heavy atom. The highest BCUT2D eigenvalue weighted by Gasteiger charge is 2.24. The highest BCUT2D eigenvalue weighted by molar-refractivity contribution is 5.97. The monoisotopic (exact) mass is 309 g/mol. The van der Waals surface area contributed by atoms with Crippen molar-refractivity contribution in [1.29, 1.82) is 0 Å². The molecule has 23 heavy (non-hydrogen) atoms. The number of carbonyl (C=O) groups is 1. The number of pyridine rings is 1. The van der Waals surface area contributed by atoms with Gasteiger partial charge >= 0.3 is 0 Å². The molecule has 3 aromatic heterocycles.